The molecule has 9 nitrogen and oxygen atoms in total. The van der Waals surface area contributed by atoms with Crippen molar-refractivity contribution in [1.82, 2.24) is 0 Å². The molecule has 0 bridgehead atoms. The van der Waals surface area contributed by atoms with Crippen LogP contribution < -0.4 is 5.11 Å². The van der Waals surface area contributed by atoms with Gasteiger partial charge in [-0.1, -0.05) is 328 Å². The molecule has 0 rings (SSSR count). The summed E-state index contributed by atoms with van der Waals surface area (Å²) in [6.07, 6.45) is 95.7. The minimum Gasteiger partial charge on any atom is -0.545 e. The minimum atomic E-state index is -1.63. The summed E-state index contributed by atoms with van der Waals surface area (Å²) in [7, 11) is 5.93. The van der Waals surface area contributed by atoms with E-state index in [0.29, 0.717) is 23.9 Å². The van der Waals surface area contributed by atoms with Gasteiger partial charge in [-0.25, -0.2) is 0 Å². The van der Waals surface area contributed by atoms with Crippen molar-refractivity contribution in [2.45, 2.75) is 322 Å². The number of quaternary nitrogens is 1. The van der Waals surface area contributed by atoms with Crippen LogP contribution in [0.25, 0.3) is 0 Å². The first-order valence-corrected chi connectivity index (χ1v) is 36.7. The molecule has 0 aliphatic carbocycles. The zero-order valence-electron chi connectivity index (χ0n) is 58.3. The molecule has 0 aromatic rings. The van der Waals surface area contributed by atoms with Crippen LogP contribution in [0.15, 0.2) is 122 Å². The lowest BCUT2D eigenvalue weighted by molar-refractivity contribution is -0.870. The normalized spacial score (nSPS) is 13.4. The second kappa shape index (κ2) is 69.6. The molecule has 0 aliphatic heterocycles. The molecule has 0 saturated heterocycles. The van der Waals surface area contributed by atoms with Crippen LogP contribution >= 0.6 is 0 Å². The number of hydrogen-bond donors (Lipinski definition) is 0. The van der Waals surface area contributed by atoms with Crippen molar-refractivity contribution < 1.29 is 42.9 Å². The third-order valence-electron chi connectivity index (χ3n) is 15.7. The number of aliphatic carboxylic acids is 1. The summed E-state index contributed by atoms with van der Waals surface area (Å²) >= 11 is 0. The predicted molar refractivity (Wildman–Crippen MR) is 380 cm³/mol. The zero-order valence-corrected chi connectivity index (χ0v) is 58.3. The third kappa shape index (κ3) is 71.0. The van der Waals surface area contributed by atoms with Crippen LogP contribution in [0, 0.1) is 0 Å². The Hall–Kier alpha value is -4.31. The van der Waals surface area contributed by atoms with Crippen LogP contribution in [0.1, 0.15) is 309 Å². The number of carboxylic acids is 1. The molecule has 89 heavy (non-hydrogen) atoms. The Morgan fingerprint density at radius 3 is 0.955 bits per heavy atom. The van der Waals surface area contributed by atoms with Crippen molar-refractivity contribution in [2.24, 2.45) is 0 Å². The van der Waals surface area contributed by atoms with E-state index in [1.54, 1.807) is 0 Å². The molecular formula is C80H137NO8. The van der Waals surface area contributed by atoms with Crippen LogP contribution in [0.3, 0.4) is 0 Å². The van der Waals surface area contributed by atoms with E-state index in [2.05, 4.69) is 135 Å². The quantitative estimate of drug-likeness (QED) is 0.0195. The lowest BCUT2D eigenvalue weighted by atomic mass is 10.0. The topological polar surface area (TPSA) is 111 Å². The van der Waals surface area contributed by atoms with Crippen molar-refractivity contribution in [2.75, 3.05) is 47.5 Å². The van der Waals surface area contributed by atoms with Gasteiger partial charge in [0.15, 0.2) is 12.4 Å². The molecule has 0 amide bonds. The monoisotopic (exact) mass is 1240 g/mol. The van der Waals surface area contributed by atoms with E-state index in [9.17, 15) is 19.5 Å². The first-order valence-electron chi connectivity index (χ1n) is 36.7. The van der Waals surface area contributed by atoms with Gasteiger partial charge < -0.3 is 33.3 Å². The fourth-order valence-electron chi connectivity index (χ4n) is 10.2. The van der Waals surface area contributed by atoms with Crippen molar-refractivity contribution in [3.8, 4) is 0 Å². The highest BCUT2D eigenvalue weighted by molar-refractivity contribution is 5.70. The van der Waals surface area contributed by atoms with Gasteiger partial charge in [0.2, 0.25) is 0 Å². The summed E-state index contributed by atoms with van der Waals surface area (Å²) in [4.78, 5) is 37.5. The maximum Gasteiger partial charge on any atom is 0.306 e. The van der Waals surface area contributed by atoms with Crippen LogP contribution in [0.4, 0.5) is 0 Å². The molecule has 0 aromatic carbocycles. The highest BCUT2D eigenvalue weighted by Crippen LogP contribution is 2.18. The first kappa shape index (κ1) is 84.7. The lowest BCUT2D eigenvalue weighted by Gasteiger charge is -2.26. The number of carbonyl (C=O) groups excluding carboxylic acids is 3. The Labute approximate surface area is 548 Å². The largest absolute Gasteiger partial charge is 0.545 e. The van der Waals surface area contributed by atoms with Crippen LogP contribution in [0.2, 0.25) is 0 Å². The summed E-state index contributed by atoms with van der Waals surface area (Å²) in [6, 6.07) is 0. The molecule has 0 heterocycles. The SMILES string of the molecule is CC/C=C\C/C=C\C/C=C\C/C=C\C/C=C\C/C=C\C/C=C\C/C=C\C/C=C\C/C=C\CCCCCCCCCCCCC(=O)OC(COC(=O)CCCCCCCCCCCCCCCCCCCCCCCCC)COC(OCC[N+](C)(C)C)C(=O)[O-]. The van der Waals surface area contributed by atoms with E-state index in [4.69, 9.17) is 18.9 Å². The van der Waals surface area contributed by atoms with Gasteiger partial charge in [0.1, 0.15) is 13.2 Å². The van der Waals surface area contributed by atoms with Gasteiger partial charge in [-0.05, 0) is 89.9 Å². The fraction of sp³-hybridized carbons (Fsp3) is 0.713. The Morgan fingerprint density at radius 2 is 0.640 bits per heavy atom. The maximum absolute atomic E-state index is 12.9. The molecule has 2 atom stereocenters. The van der Waals surface area contributed by atoms with Gasteiger partial charge in [-0.15, -0.1) is 0 Å². The number of likely N-dealkylation sites (N-methyl/N-ethyl adjacent to an activating group) is 1. The summed E-state index contributed by atoms with van der Waals surface area (Å²) in [5.74, 6) is -2.28. The zero-order chi connectivity index (χ0) is 64.7. The second-order valence-corrected chi connectivity index (χ2v) is 25.5. The van der Waals surface area contributed by atoms with Gasteiger partial charge in [0.05, 0.1) is 40.3 Å². The molecule has 2 unspecified atom stereocenters. The summed E-state index contributed by atoms with van der Waals surface area (Å²) in [6.45, 7) is 4.66. The highest BCUT2D eigenvalue weighted by Gasteiger charge is 2.22. The van der Waals surface area contributed by atoms with Crippen LogP contribution in [0.5, 0.6) is 0 Å². The van der Waals surface area contributed by atoms with Crippen LogP contribution in [-0.4, -0.2) is 82.3 Å². The molecule has 0 aliphatic rings. The number of allylic oxidation sites excluding steroid dienone is 20. The molecule has 0 fully saturated rings. The number of nitrogens with zero attached hydrogens (tertiary/aromatic N) is 1. The average molecular weight is 1240 g/mol. The van der Waals surface area contributed by atoms with E-state index >= 15 is 0 Å². The molecule has 0 N–H and O–H groups in total. The van der Waals surface area contributed by atoms with E-state index in [1.165, 1.54) is 167 Å². The Kier molecular flexibility index (Phi) is 66.2. The second-order valence-electron chi connectivity index (χ2n) is 25.5. The fourth-order valence-corrected chi connectivity index (χ4v) is 10.2. The van der Waals surface area contributed by atoms with Gasteiger partial charge >= 0.3 is 11.9 Å². The van der Waals surface area contributed by atoms with Gasteiger partial charge in [-0.3, -0.25) is 9.59 Å². The van der Waals surface area contributed by atoms with E-state index < -0.39 is 24.3 Å². The number of unbranched alkanes of at least 4 members (excludes halogenated alkanes) is 32. The molecule has 9 heteroatoms. The van der Waals surface area contributed by atoms with Crippen molar-refractivity contribution in [3.05, 3.63) is 122 Å². The van der Waals surface area contributed by atoms with E-state index in [-0.39, 0.29) is 32.2 Å². The van der Waals surface area contributed by atoms with E-state index in [1.807, 2.05) is 21.1 Å². The predicted octanol–water partition coefficient (Wildman–Crippen LogP) is 21.8. The van der Waals surface area contributed by atoms with Gasteiger partial charge in [-0.2, -0.15) is 0 Å². The first-order chi connectivity index (χ1) is 43.6. The summed E-state index contributed by atoms with van der Waals surface area (Å²) < 4.78 is 22.8. The van der Waals surface area contributed by atoms with E-state index in [0.717, 1.165) is 109 Å². The highest BCUT2D eigenvalue weighted by atomic mass is 16.7. The average Bonchev–Trinajstić information content (AvgIpc) is 3.64. The Bertz CT molecular complexity index is 1880. The molecule has 0 aromatic heterocycles. The third-order valence-corrected chi connectivity index (χ3v) is 15.7. The minimum absolute atomic E-state index is 0.144. The van der Waals surface area contributed by atoms with Crippen molar-refractivity contribution >= 4 is 17.9 Å². The number of rotatable bonds is 67. The van der Waals surface area contributed by atoms with Crippen molar-refractivity contribution in [3.63, 3.8) is 0 Å². The van der Waals surface area contributed by atoms with Gasteiger partial charge in [0, 0.05) is 12.8 Å². The molecule has 510 valence electrons. The number of ether oxygens (including phenoxy) is 4. The summed E-state index contributed by atoms with van der Waals surface area (Å²) in [5.41, 5.74) is 0. The Balaban J connectivity index is 4.12. The molecule has 0 radical (unpaired) electrons. The lowest BCUT2D eigenvalue weighted by Crippen LogP contribution is -2.44. The van der Waals surface area contributed by atoms with Crippen molar-refractivity contribution in [1.29, 1.82) is 0 Å². The summed E-state index contributed by atoms with van der Waals surface area (Å²) in [5, 5.41) is 11.8. The Morgan fingerprint density at radius 1 is 0.348 bits per heavy atom. The van der Waals surface area contributed by atoms with Crippen LogP contribution in [-0.2, 0) is 33.3 Å². The number of carboxylic acid groups (broad SMARTS) is 1. The number of hydrogen-bond acceptors (Lipinski definition) is 8. The standard InChI is InChI=1S/C80H137NO8/c1-6-8-10-12-14-16-18-20-22-24-26-28-30-31-32-33-34-35-36-37-38-39-40-41-42-43-44-45-46-47-49-51-53-55-57-59-61-63-65-67-69-71-78(83)89-76(75-88-80(79(84)85)86-73-72-81(3,4)5)74-87-77(82)70-68-66-64-62-60-58-56-54-52-50-48-29-27-25-23-21-19-17-15-13-11-9-7-2/h8,10,14,16,20,22,26,28,31-32,34-35,37-38,40-41,43-44,46-47,76,80H,6-7,9,11-13,15,17-19,21,23-25,27,29-30,33,36,39,42,45,48-75H2,1-5H3/b10-8-,16-14-,22-20-,28-26-,32-31-,35-34-,38-37-,41-40-,44-43-,47-46-. The number of esters is 2. The number of carbonyl (C=O) groups is 3. The molecular weight excluding hydrogens is 1100 g/mol. The molecule has 0 spiro atoms. The maximum atomic E-state index is 12.9. The smallest absolute Gasteiger partial charge is 0.306 e. The molecule has 0 saturated carbocycles. The van der Waals surface area contributed by atoms with Gasteiger partial charge in [0.25, 0.3) is 0 Å².